The van der Waals surface area contributed by atoms with Gasteiger partial charge in [-0.3, -0.25) is 0 Å². The largest absolute Gasteiger partial charge is 0.387 e. The monoisotopic (exact) mass is 273 g/mol. The van der Waals surface area contributed by atoms with Crippen molar-refractivity contribution in [3.63, 3.8) is 0 Å². The van der Waals surface area contributed by atoms with Gasteiger partial charge in [0, 0.05) is 17.2 Å². The second-order valence-corrected chi connectivity index (χ2v) is 6.43. The summed E-state index contributed by atoms with van der Waals surface area (Å²) in [5.41, 5.74) is 5.06. The van der Waals surface area contributed by atoms with Gasteiger partial charge < -0.3 is 10.8 Å². The fraction of sp³-hybridized carbons (Fsp3) is 0.375. The van der Waals surface area contributed by atoms with Crippen molar-refractivity contribution in [1.29, 1.82) is 0 Å². The molecule has 3 rings (SSSR count). The van der Waals surface area contributed by atoms with Crippen LogP contribution in [0, 0.1) is 5.92 Å². The molecule has 1 aliphatic rings. The highest BCUT2D eigenvalue weighted by Gasteiger charge is 2.42. The van der Waals surface area contributed by atoms with E-state index in [1.165, 1.54) is 15.7 Å². The van der Waals surface area contributed by atoms with E-state index in [0.29, 0.717) is 18.2 Å². The van der Waals surface area contributed by atoms with Crippen LogP contribution in [0.15, 0.2) is 47.4 Å². The molecular weight excluding hydrogens is 254 g/mol. The molecule has 0 spiro atoms. The molecule has 100 valence electrons. The zero-order chi connectivity index (χ0) is 13.3. The van der Waals surface area contributed by atoms with Gasteiger partial charge in [0.2, 0.25) is 0 Å². The maximum Gasteiger partial charge on any atom is 0.0890 e. The maximum atomic E-state index is 10.5. The summed E-state index contributed by atoms with van der Waals surface area (Å²) in [4.78, 5) is 1.20. The van der Waals surface area contributed by atoms with E-state index in [9.17, 15) is 5.11 Å². The van der Waals surface area contributed by atoms with Crippen molar-refractivity contribution in [3.8, 4) is 0 Å². The molecule has 2 nitrogen and oxygen atoms in total. The molecule has 2 aromatic carbocycles. The van der Waals surface area contributed by atoms with E-state index < -0.39 is 5.60 Å². The number of rotatable bonds is 5. The van der Waals surface area contributed by atoms with Crippen molar-refractivity contribution in [3.05, 3.63) is 42.5 Å². The van der Waals surface area contributed by atoms with Gasteiger partial charge in [-0.1, -0.05) is 30.3 Å². The Balaban J connectivity index is 1.74. The summed E-state index contributed by atoms with van der Waals surface area (Å²) in [5, 5.41) is 13.0. The van der Waals surface area contributed by atoms with Gasteiger partial charge >= 0.3 is 0 Å². The quantitative estimate of drug-likeness (QED) is 0.823. The lowest BCUT2D eigenvalue weighted by molar-refractivity contribution is 0.0510. The van der Waals surface area contributed by atoms with Gasteiger partial charge in [0.25, 0.3) is 0 Å². The smallest absolute Gasteiger partial charge is 0.0890 e. The SMILES string of the molecule is NCC(O)(CSc1ccc2ccccc2c1)C1CC1. The van der Waals surface area contributed by atoms with Crippen LogP contribution in [-0.4, -0.2) is 23.0 Å². The Morgan fingerprint density at radius 3 is 2.58 bits per heavy atom. The highest BCUT2D eigenvalue weighted by Crippen LogP contribution is 2.42. The molecule has 19 heavy (non-hydrogen) atoms. The molecule has 0 saturated heterocycles. The molecule has 0 amide bonds. The van der Waals surface area contributed by atoms with E-state index in [1.54, 1.807) is 11.8 Å². The Labute approximate surface area is 118 Å². The van der Waals surface area contributed by atoms with Gasteiger partial charge in [0.1, 0.15) is 0 Å². The summed E-state index contributed by atoms with van der Waals surface area (Å²) >= 11 is 1.71. The average molecular weight is 273 g/mol. The second-order valence-electron chi connectivity index (χ2n) is 5.38. The first-order chi connectivity index (χ1) is 9.21. The molecule has 2 aromatic rings. The van der Waals surface area contributed by atoms with Crippen molar-refractivity contribution in [2.24, 2.45) is 11.7 Å². The highest BCUT2D eigenvalue weighted by atomic mass is 32.2. The Bertz CT molecular complexity index is 582. The Kier molecular flexibility index (Phi) is 3.52. The molecule has 1 atom stereocenters. The lowest BCUT2D eigenvalue weighted by Crippen LogP contribution is -2.42. The molecule has 0 heterocycles. The molecule has 1 unspecified atom stereocenters. The molecule has 0 aromatic heterocycles. The molecule has 3 N–H and O–H groups in total. The van der Waals surface area contributed by atoms with Crippen LogP contribution >= 0.6 is 11.8 Å². The van der Waals surface area contributed by atoms with E-state index in [0.717, 1.165) is 12.8 Å². The van der Waals surface area contributed by atoms with Crippen LogP contribution in [-0.2, 0) is 0 Å². The first-order valence-electron chi connectivity index (χ1n) is 6.75. The first kappa shape index (κ1) is 13.0. The molecule has 1 fully saturated rings. The van der Waals surface area contributed by atoms with Crippen molar-refractivity contribution < 1.29 is 5.11 Å². The number of fused-ring (bicyclic) bond motifs is 1. The third kappa shape index (κ3) is 2.78. The van der Waals surface area contributed by atoms with Crippen LogP contribution in [0.1, 0.15) is 12.8 Å². The number of thioether (sulfide) groups is 1. The molecule has 3 heteroatoms. The average Bonchev–Trinajstić information content (AvgIpc) is 3.29. The summed E-state index contributed by atoms with van der Waals surface area (Å²) in [7, 11) is 0. The predicted octanol–water partition coefficient (Wildman–Crippen LogP) is 3.03. The van der Waals surface area contributed by atoms with E-state index in [4.69, 9.17) is 5.73 Å². The standard InChI is InChI=1S/C16H19NOS/c17-10-16(18,14-6-7-14)11-19-15-8-5-12-3-1-2-4-13(12)9-15/h1-5,8-9,14,18H,6-7,10-11,17H2. The topological polar surface area (TPSA) is 46.2 Å². The van der Waals surface area contributed by atoms with Crippen LogP contribution in [0.5, 0.6) is 0 Å². The number of nitrogens with two attached hydrogens (primary N) is 1. The highest BCUT2D eigenvalue weighted by molar-refractivity contribution is 7.99. The lowest BCUT2D eigenvalue weighted by atomic mass is 10.0. The Morgan fingerprint density at radius 1 is 1.16 bits per heavy atom. The van der Waals surface area contributed by atoms with E-state index >= 15 is 0 Å². The fourth-order valence-electron chi connectivity index (χ4n) is 2.43. The number of hydrogen-bond acceptors (Lipinski definition) is 3. The van der Waals surface area contributed by atoms with Gasteiger partial charge in [-0.15, -0.1) is 11.8 Å². The van der Waals surface area contributed by atoms with Crippen LogP contribution in [0.4, 0.5) is 0 Å². The van der Waals surface area contributed by atoms with E-state index in [-0.39, 0.29) is 0 Å². The molecule has 0 aliphatic heterocycles. The summed E-state index contributed by atoms with van der Waals surface area (Å²) in [6.07, 6.45) is 2.23. The van der Waals surface area contributed by atoms with Gasteiger partial charge in [-0.05, 0) is 41.7 Å². The fourth-order valence-corrected chi connectivity index (χ4v) is 3.57. The molecule has 0 radical (unpaired) electrons. The summed E-state index contributed by atoms with van der Waals surface area (Å²) < 4.78 is 0. The molecule has 1 aliphatic carbocycles. The summed E-state index contributed by atoms with van der Waals surface area (Å²) in [6, 6.07) is 14.8. The van der Waals surface area contributed by atoms with Crippen LogP contribution in [0.2, 0.25) is 0 Å². The van der Waals surface area contributed by atoms with Crippen LogP contribution < -0.4 is 5.73 Å². The Morgan fingerprint density at radius 2 is 1.89 bits per heavy atom. The van der Waals surface area contributed by atoms with Crippen LogP contribution in [0.25, 0.3) is 10.8 Å². The normalized spacial score (nSPS) is 18.4. The number of hydrogen-bond donors (Lipinski definition) is 2. The molecule has 0 bridgehead atoms. The van der Waals surface area contributed by atoms with Crippen molar-refractivity contribution in [1.82, 2.24) is 0 Å². The van der Waals surface area contributed by atoms with Crippen molar-refractivity contribution in [2.45, 2.75) is 23.3 Å². The van der Waals surface area contributed by atoms with Gasteiger partial charge in [0.15, 0.2) is 0 Å². The van der Waals surface area contributed by atoms with Crippen molar-refractivity contribution in [2.75, 3.05) is 12.3 Å². The Hall–Kier alpha value is -1.03. The molecule has 1 saturated carbocycles. The van der Waals surface area contributed by atoms with E-state index in [1.807, 2.05) is 0 Å². The zero-order valence-corrected chi connectivity index (χ0v) is 11.7. The predicted molar refractivity (Wildman–Crippen MR) is 81.4 cm³/mol. The maximum absolute atomic E-state index is 10.5. The number of benzene rings is 2. The summed E-state index contributed by atoms with van der Waals surface area (Å²) in [6.45, 7) is 0.359. The third-order valence-electron chi connectivity index (χ3n) is 3.90. The minimum Gasteiger partial charge on any atom is -0.387 e. The zero-order valence-electron chi connectivity index (χ0n) is 10.9. The third-order valence-corrected chi connectivity index (χ3v) is 5.13. The summed E-state index contributed by atoms with van der Waals surface area (Å²) in [5.74, 6) is 1.09. The van der Waals surface area contributed by atoms with Gasteiger partial charge in [0.05, 0.1) is 5.60 Å². The second kappa shape index (κ2) is 5.16. The minimum atomic E-state index is -0.684. The first-order valence-corrected chi connectivity index (χ1v) is 7.74. The number of aliphatic hydroxyl groups is 1. The molecular formula is C16H19NOS. The van der Waals surface area contributed by atoms with Gasteiger partial charge in [-0.2, -0.15) is 0 Å². The van der Waals surface area contributed by atoms with Gasteiger partial charge in [-0.25, -0.2) is 0 Å². The minimum absolute atomic E-state index is 0.359. The lowest BCUT2D eigenvalue weighted by Gasteiger charge is -2.25. The van der Waals surface area contributed by atoms with Crippen molar-refractivity contribution >= 4 is 22.5 Å². The van der Waals surface area contributed by atoms with Crippen LogP contribution in [0.3, 0.4) is 0 Å². The van der Waals surface area contributed by atoms with E-state index in [2.05, 4.69) is 42.5 Å².